The van der Waals surface area contributed by atoms with Crippen molar-refractivity contribution in [3.63, 3.8) is 0 Å². The van der Waals surface area contributed by atoms with Crippen LogP contribution in [0.2, 0.25) is 0 Å². The number of carbonyl (C=O) groups excluding carboxylic acids is 1. The third-order valence-electron chi connectivity index (χ3n) is 3.52. The Morgan fingerprint density at radius 2 is 2.28 bits per heavy atom. The Morgan fingerprint density at radius 1 is 1.56 bits per heavy atom. The van der Waals surface area contributed by atoms with E-state index in [1.54, 1.807) is 0 Å². The summed E-state index contributed by atoms with van der Waals surface area (Å²) in [5.74, 6) is 5.59. The average molecular weight is 247 g/mol. The van der Waals surface area contributed by atoms with Crippen LogP contribution in [0.1, 0.15) is 19.4 Å². The SMILES string of the molecule is CC1Cc2ccccc2N(CC(C)C(=O)NN)C1. The second-order valence-corrected chi connectivity index (χ2v) is 5.25. The molecule has 0 spiro atoms. The molecule has 2 unspecified atom stereocenters. The molecule has 1 aliphatic rings. The number of carbonyl (C=O) groups is 1. The van der Waals surface area contributed by atoms with Gasteiger partial charge in [0.2, 0.25) is 5.91 Å². The van der Waals surface area contributed by atoms with Crippen LogP contribution in [0.15, 0.2) is 24.3 Å². The lowest BCUT2D eigenvalue weighted by molar-refractivity contribution is -0.124. The minimum absolute atomic E-state index is 0.103. The van der Waals surface area contributed by atoms with Gasteiger partial charge in [0.05, 0.1) is 5.92 Å². The van der Waals surface area contributed by atoms with E-state index in [0.29, 0.717) is 12.5 Å². The number of para-hydroxylation sites is 1. The smallest absolute Gasteiger partial charge is 0.238 e. The molecule has 0 radical (unpaired) electrons. The van der Waals surface area contributed by atoms with Crippen molar-refractivity contribution in [3.05, 3.63) is 29.8 Å². The molecule has 2 atom stereocenters. The molecule has 0 aromatic heterocycles. The third-order valence-corrected chi connectivity index (χ3v) is 3.52. The van der Waals surface area contributed by atoms with Crippen LogP contribution in [0, 0.1) is 11.8 Å². The van der Waals surface area contributed by atoms with Crippen molar-refractivity contribution in [1.82, 2.24) is 5.43 Å². The molecule has 0 saturated carbocycles. The number of anilines is 1. The van der Waals surface area contributed by atoms with Gasteiger partial charge in [0, 0.05) is 18.8 Å². The summed E-state index contributed by atoms with van der Waals surface area (Å²) in [6, 6.07) is 8.43. The van der Waals surface area contributed by atoms with Crippen LogP contribution >= 0.6 is 0 Å². The van der Waals surface area contributed by atoms with Crippen molar-refractivity contribution >= 4 is 11.6 Å². The first kappa shape index (κ1) is 12.9. The third kappa shape index (κ3) is 2.64. The van der Waals surface area contributed by atoms with Gasteiger partial charge < -0.3 is 4.90 Å². The number of nitrogens with zero attached hydrogens (tertiary/aromatic N) is 1. The lowest BCUT2D eigenvalue weighted by Gasteiger charge is -2.36. The Balaban J connectivity index is 2.16. The molecule has 0 bridgehead atoms. The van der Waals surface area contributed by atoms with Gasteiger partial charge in [0.25, 0.3) is 0 Å². The summed E-state index contributed by atoms with van der Waals surface area (Å²) in [6.07, 6.45) is 1.12. The highest BCUT2D eigenvalue weighted by Crippen LogP contribution is 2.29. The molecule has 1 aliphatic heterocycles. The molecule has 0 fully saturated rings. The molecule has 4 heteroatoms. The first-order valence-corrected chi connectivity index (χ1v) is 6.45. The van der Waals surface area contributed by atoms with Crippen LogP contribution in [-0.4, -0.2) is 19.0 Å². The molecular formula is C14H21N3O. The predicted octanol–water partition coefficient (Wildman–Crippen LogP) is 1.31. The van der Waals surface area contributed by atoms with Crippen LogP contribution < -0.4 is 16.2 Å². The van der Waals surface area contributed by atoms with Crippen molar-refractivity contribution in [2.75, 3.05) is 18.0 Å². The second-order valence-electron chi connectivity index (χ2n) is 5.25. The topological polar surface area (TPSA) is 58.4 Å². The van der Waals surface area contributed by atoms with E-state index in [4.69, 9.17) is 5.84 Å². The highest BCUT2D eigenvalue weighted by molar-refractivity contribution is 5.78. The zero-order chi connectivity index (χ0) is 13.1. The van der Waals surface area contributed by atoms with Gasteiger partial charge in [-0.05, 0) is 24.0 Å². The van der Waals surface area contributed by atoms with E-state index in [0.717, 1.165) is 13.0 Å². The number of rotatable bonds is 3. The van der Waals surface area contributed by atoms with E-state index in [1.807, 2.05) is 6.92 Å². The van der Waals surface area contributed by atoms with Gasteiger partial charge >= 0.3 is 0 Å². The standard InChI is InChI=1S/C14H21N3O/c1-10-7-12-5-3-4-6-13(12)17(8-10)9-11(2)14(18)16-15/h3-6,10-11H,7-9,15H2,1-2H3,(H,16,18). The Bertz CT molecular complexity index is 433. The lowest BCUT2D eigenvalue weighted by atomic mass is 9.93. The summed E-state index contributed by atoms with van der Waals surface area (Å²) in [5, 5.41) is 0. The molecular weight excluding hydrogens is 226 g/mol. The normalized spacial score (nSPS) is 20.2. The van der Waals surface area contributed by atoms with E-state index in [-0.39, 0.29) is 11.8 Å². The molecule has 18 heavy (non-hydrogen) atoms. The van der Waals surface area contributed by atoms with Crippen LogP contribution in [0.4, 0.5) is 5.69 Å². The predicted molar refractivity (Wildman–Crippen MR) is 73.0 cm³/mol. The molecule has 0 aliphatic carbocycles. The summed E-state index contributed by atoms with van der Waals surface area (Å²) in [7, 11) is 0. The molecule has 1 heterocycles. The van der Waals surface area contributed by atoms with Crippen LogP contribution in [-0.2, 0) is 11.2 Å². The van der Waals surface area contributed by atoms with Crippen molar-refractivity contribution in [1.29, 1.82) is 0 Å². The lowest BCUT2D eigenvalue weighted by Crippen LogP contribution is -2.43. The fourth-order valence-corrected chi connectivity index (χ4v) is 2.64. The number of hydrazine groups is 1. The summed E-state index contributed by atoms with van der Waals surface area (Å²) >= 11 is 0. The van der Waals surface area contributed by atoms with Gasteiger partial charge in [0.1, 0.15) is 0 Å². The number of hydrogen-bond donors (Lipinski definition) is 2. The average Bonchev–Trinajstić information content (AvgIpc) is 2.37. The molecule has 2 rings (SSSR count). The van der Waals surface area contributed by atoms with E-state index < -0.39 is 0 Å². The summed E-state index contributed by atoms with van der Waals surface area (Å²) in [5.41, 5.74) is 4.85. The molecule has 0 saturated heterocycles. The van der Waals surface area contributed by atoms with E-state index in [2.05, 4.69) is 41.5 Å². The summed E-state index contributed by atoms with van der Waals surface area (Å²) in [6.45, 7) is 5.87. The minimum Gasteiger partial charge on any atom is -0.370 e. The molecule has 1 aromatic carbocycles. The van der Waals surface area contributed by atoms with Gasteiger partial charge in [-0.15, -0.1) is 0 Å². The maximum absolute atomic E-state index is 11.5. The minimum atomic E-state index is -0.106. The molecule has 98 valence electrons. The van der Waals surface area contributed by atoms with Gasteiger partial charge in [-0.3, -0.25) is 10.2 Å². The Labute approximate surface area is 108 Å². The van der Waals surface area contributed by atoms with Gasteiger partial charge in [0.15, 0.2) is 0 Å². The van der Waals surface area contributed by atoms with Crippen molar-refractivity contribution in [2.24, 2.45) is 17.7 Å². The molecule has 1 amide bonds. The number of fused-ring (bicyclic) bond motifs is 1. The number of amides is 1. The summed E-state index contributed by atoms with van der Waals surface area (Å²) < 4.78 is 0. The fraction of sp³-hybridized carbons (Fsp3) is 0.500. The molecule has 1 aromatic rings. The highest BCUT2D eigenvalue weighted by Gasteiger charge is 2.24. The van der Waals surface area contributed by atoms with E-state index in [9.17, 15) is 4.79 Å². The highest BCUT2D eigenvalue weighted by atomic mass is 16.2. The largest absolute Gasteiger partial charge is 0.370 e. The van der Waals surface area contributed by atoms with Crippen molar-refractivity contribution < 1.29 is 4.79 Å². The molecule has 4 nitrogen and oxygen atoms in total. The van der Waals surface area contributed by atoms with Crippen molar-refractivity contribution in [2.45, 2.75) is 20.3 Å². The van der Waals surface area contributed by atoms with Crippen molar-refractivity contribution in [3.8, 4) is 0 Å². The van der Waals surface area contributed by atoms with E-state index in [1.165, 1.54) is 11.3 Å². The number of nitrogens with one attached hydrogen (secondary N) is 1. The quantitative estimate of drug-likeness (QED) is 0.481. The summed E-state index contributed by atoms with van der Waals surface area (Å²) in [4.78, 5) is 13.8. The van der Waals surface area contributed by atoms with E-state index >= 15 is 0 Å². The number of hydrogen-bond acceptors (Lipinski definition) is 3. The Morgan fingerprint density at radius 3 is 3.00 bits per heavy atom. The molecule has 3 N–H and O–H groups in total. The fourth-order valence-electron chi connectivity index (χ4n) is 2.64. The Hall–Kier alpha value is -1.55. The zero-order valence-corrected chi connectivity index (χ0v) is 11.0. The number of benzene rings is 1. The zero-order valence-electron chi connectivity index (χ0n) is 11.0. The van der Waals surface area contributed by atoms with Crippen LogP contribution in [0.25, 0.3) is 0 Å². The van der Waals surface area contributed by atoms with Gasteiger partial charge in [-0.25, -0.2) is 5.84 Å². The van der Waals surface area contributed by atoms with Gasteiger partial charge in [-0.2, -0.15) is 0 Å². The maximum Gasteiger partial charge on any atom is 0.238 e. The first-order valence-electron chi connectivity index (χ1n) is 6.45. The monoisotopic (exact) mass is 247 g/mol. The van der Waals surface area contributed by atoms with Gasteiger partial charge in [-0.1, -0.05) is 32.0 Å². The van der Waals surface area contributed by atoms with Crippen LogP contribution in [0.5, 0.6) is 0 Å². The Kier molecular flexibility index (Phi) is 3.87. The van der Waals surface area contributed by atoms with Crippen LogP contribution in [0.3, 0.4) is 0 Å². The maximum atomic E-state index is 11.5. The number of nitrogens with two attached hydrogens (primary N) is 1. The second kappa shape index (κ2) is 5.40. The first-order chi connectivity index (χ1) is 8.61.